The molecule has 2 heterocycles. The van der Waals surface area contributed by atoms with Crippen molar-refractivity contribution in [2.75, 3.05) is 17.2 Å². The molecule has 2 fully saturated rings. The number of nitrogens with zero attached hydrogens (tertiary/aromatic N) is 5. The van der Waals surface area contributed by atoms with Gasteiger partial charge in [0.2, 0.25) is 0 Å². The molecular formula is C33H33F3N6O2S. The zero-order valence-corrected chi connectivity index (χ0v) is 25.7. The number of hydrogen-bond donors (Lipinski definition) is 1. The van der Waals surface area contributed by atoms with Crippen LogP contribution < -0.4 is 15.0 Å². The molecule has 0 radical (unpaired) electrons. The summed E-state index contributed by atoms with van der Waals surface area (Å²) in [7, 11) is 0. The van der Waals surface area contributed by atoms with Crippen LogP contribution in [0.5, 0.6) is 5.75 Å². The number of aromatic nitrogens is 3. The van der Waals surface area contributed by atoms with Crippen molar-refractivity contribution in [3.63, 3.8) is 0 Å². The molecule has 234 valence electrons. The van der Waals surface area contributed by atoms with Gasteiger partial charge in [0.15, 0.2) is 11.0 Å². The van der Waals surface area contributed by atoms with Gasteiger partial charge in [-0.15, -0.1) is 18.3 Å². The Labute approximate surface area is 263 Å². The topological polar surface area (TPSA) is 84.6 Å². The molecule has 4 aromatic rings. The number of anilines is 1. The average Bonchev–Trinajstić information content (AvgIpc) is 3.79. The fraction of sp³-hybridized carbons (Fsp3) is 0.333. The van der Waals surface area contributed by atoms with Gasteiger partial charge in [-0.05, 0) is 60.2 Å². The molecule has 1 aliphatic carbocycles. The van der Waals surface area contributed by atoms with E-state index in [0.29, 0.717) is 17.4 Å². The summed E-state index contributed by atoms with van der Waals surface area (Å²) in [5.74, 6) is 1.60. The lowest BCUT2D eigenvalue weighted by atomic mass is 9.93. The number of amidine groups is 1. The second-order valence-corrected chi connectivity index (χ2v) is 12.4. The second-order valence-electron chi connectivity index (χ2n) is 11.4. The predicted molar refractivity (Wildman–Crippen MR) is 170 cm³/mol. The number of aliphatic imine (C=N–C) groups is 1. The number of carbonyl (C=O) groups excluding carboxylic acids is 1. The SMILES string of the molecule is CC(C)c1ccccc1N1CCSC1=NC(=O)NC1CCCC1c1ccc(-c2ncn(-c3ccc(OC(F)(F)F)cc3)n2)cc1. The molecule has 1 aromatic heterocycles. The number of rotatable bonds is 7. The minimum Gasteiger partial charge on any atom is -0.406 e. The van der Waals surface area contributed by atoms with Crippen molar-refractivity contribution in [3.8, 4) is 22.8 Å². The number of amides is 2. The summed E-state index contributed by atoms with van der Waals surface area (Å²) in [5.41, 5.74) is 4.83. The highest BCUT2D eigenvalue weighted by atomic mass is 32.2. The Kier molecular flexibility index (Phi) is 8.84. The Morgan fingerprint density at radius 2 is 1.80 bits per heavy atom. The molecule has 1 N–H and O–H groups in total. The Balaban J connectivity index is 1.11. The first-order valence-electron chi connectivity index (χ1n) is 14.9. The standard InChI is InChI=1S/C33H33F3N6O2S/c1-21(2)26-6-3-4-9-29(26)41-18-19-45-32(41)39-31(43)38-28-8-5-7-27(28)22-10-12-23(13-11-22)30-37-20-42(40-30)24-14-16-25(17-15-24)44-33(34,35)36/h3-4,6,9-17,20-21,27-28H,5,7-8,18-19H2,1-2H3,(H,38,43). The van der Waals surface area contributed by atoms with Crippen LogP contribution in [0, 0.1) is 0 Å². The molecule has 0 spiro atoms. The van der Waals surface area contributed by atoms with E-state index < -0.39 is 6.36 Å². The van der Waals surface area contributed by atoms with Crippen molar-refractivity contribution >= 4 is 28.6 Å². The van der Waals surface area contributed by atoms with E-state index in [0.717, 1.165) is 53.5 Å². The molecule has 3 aromatic carbocycles. The summed E-state index contributed by atoms with van der Waals surface area (Å²) in [6, 6.07) is 21.4. The molecule has 45 heavy (non-hydrogen) atoms. The maximum atomic E-state index is 13.2. The summed E-state index contributed by atoms with van der Waals surface area (Å²) < 4.78 is 42.8. The molecule has 6 rings (SSSR count). The Bertz CT molecular complexity index is 1670. The van der Waals surface area contributed by atoms with E-state index in [9.17, 15) is 18.0 Å². The van der Waals surface area contributed by atoms with Gasteiger partial charge in [0.1, 0.15) is 12.1 Å². The lowest BCUT2D eigenvalue weighted by Crippen LogP contribution is -2.36. The van der Waals surface area contributed by atoms with Crippen LogP contribution in [0.25, 0.3) is 17.1 Å². The van der Waals surface area contributed by atoms with E-state index in [1.165, 1.54) is 40.8 Å². The number of ether oxygens (including phenoxy) is 1. The molecule has 12 heteroatoms. The minimum absolute atomic E-state index is 0.0165. The number of thioether (sulfide) groups is 1. The largest absolute Gasteiger partial charge is 0.573 e. The van der Waals surface area contributed by atoms with Gasteiger partial charge in [-0.3, -0.25) is 0 Å². The Hall–Kier alpha value is -4.32. The van der Waals surface area contributed by atoms with Crippen LogP contribution in [0.2, 0.25) is 0 Å². The minimum atomic E-state index is -4.75. The third-order valence-electron chi connectivity index (χ3n) is 8.07. The lowest BCUT2D eigenvalue weighted by Gasteiger charge is -2.24. The molecule has 1 saturated carbocycles. The molecule has 2 atom stereocenters. The van der Waals surface area contributed by atoms with E-state index in [1.54, 1.807) is 11.8 Å². The quantitative estimate of drug-likeness (QED) is 0.222. The lowest BCUT2D eigenvalue weighted by molar-refractivity contribution is -0.274. The Morgan fingerprint density at radius 3 is 2.53 bits per heavy atom. The van der Waals surface area contributed by atoms with Crippen molar-refractivity contribution in [1.29, 1.82) is 0 Å². The number of hydrogen-bond acceptors (Lipinski definition) is 5. The van der Waals surface area contributed by atoms with Gasteiger partial charge < -0.3 is 15.0 Å². The first kappa shape index (κ1) is 30.7. The third kappa shape index (κ3) is 7.16. The maximum Gasteiger partial charge on any atom is 0.573 e. The zero-order valence-electron chi connectivity index (χ0n) is 24.9. The number of nitrogens with one attached hydrogen (secondary N) is 1. The van der Waals surface area contributed by atoms with Crippen molar-refractivity contribution in [2.45, 2.75) is 57.3 Å². The van der Waals surface area contributed by atoms with Gasteiger partial charge in [-0.2, -0.15) is 4.99 Å². The van der Waals surface area contributed by atoms with Gasteiger partial charge >= 0.3 is 12.4 Å². The fourth-order valence-corrected chi connectivity index (χ4v) is 6.90. The van der Waals surface area contributed by atoms with E-state index >= 15 is 0 Å². The smallest absolute Gasteiger partial charge is 0.406 e. The number of para-hydroxylation sites is 1. The van der Waals surface area contributed by atoms with Crippen LogP contribution in [0.1, 0.15) is 56.1 Å². The number of alkyl halides is 3. The van der Waals surface area contributed by atoms with Crippen molar-refractivity contribution in [2.24, 2.45) is 4.99 Å². The maximum absolute atomic E-state index is 13.2. The summed E-state index contributed by atoms with van der Waals surface area (Å²) >= 11 is 1.61. The second kappa shape index (κ2) is 13.0. The molecule has 1 aliphatic heterocycles. The van der Waals surface area contributed by atoms with Crippen LogP contribution in [-0.4, -0.2) is 50.7 Å². The third-order valence-corrected chi connectivity index (χ3v) is 9.03. The van der Waals surface area contributed by atoms with Crippen LogP contribution in [0.4, 0.5) is 23.7 Å². The molecule has 1 saturated heterocycles. The van der Waals surface area contributed by atoms with E-state index in [4.69, 9.17) is 0 Å². The Morgan fingerprint density at radius 1 is 1.04 bits per heavy atom. The van der Waals surface area contributed by atoms with Crippen molar-refractivity contribution in [1.82, 2.24) is 20.1 Å². The molecule has 8 nitrogen and oxygen atoms in total. The molecular weight excluding hydrogens is 601 g/mol. The first-order chi connectivity index (χ1) is 21.6. The number of benzene rings is 3. The highest BCUT2D eigenvalue weighted by Gasteiger charge is 2.32. The monoisotopic (exact) mass is 634 g/mol. The summed E-state index contributed by atoms with van der Waals surface area (Å²) in [4.78, 5) is 24.2. The van der Waals surface area contributed by atoms with Gasteiger partial charge in [0, 0.05) is 35.5 Å². The summed E-state index contributed by atoms with van der Waals surface area (Å²) in [6.45, 7) is 5.16. The summed E-state index contributed by atoms with van der Waals surface area (Å²) in [5, 5.41) is 8.41. The van der Waals surface area contributed by atoms with E-state index in [2.05, 4.69) is 56.0 Å². The van der Waals surface area contributed by atoms with Gasteiger partial charge in [-0.1, -0.05) is 74.5 Å². The molecule has 2 aliphatic rings. The van der Waals surface area contributed by atoms with Crippen molar-refractivity contribution in [3.05, 3.63) is 90.3 Å². The van der Waals surface area contributed by atoms with E-state index in [1.807, 2.05) is 36.4 Å². The van der Waals surface area contributed by atoms with Gasteiger partial charge in [-0.25, -0.2) is 14.5 Å². The normalized spacial score (nSPS) is 19.4. The highest BCUT2D eigenvalue weighted by Crippen LogP contribution is 2.36. The van der Waals surface area contributed by atoms with Gasteiger partial charge in [0.25, 0.3) is 0 Å². The molecule has 2 unspecified atom stereocenters. The molecule has 2 amide bonds. The van der Waals surface area contributed by atoms with Crippen LogP contribution in [-0.2, 0) is 0 Å². The van der Waals surface area contributed by atoms with Crippen LogP contribution in [0.3, 0.4) is 0 Å². The first-order valence-corrected chi connectivity index (χ1v) is 15.9. The average molecular weight is 635 g/mol. The summed E-state index contributed by atoms with van der Waals surface area (Å²) in [6.07, 6.45) is -0.379. The number of carbonyl (C=O) groups is 1. The van der Waals surface area contributed by atoms with Gasteiger partial charge in [0.05, 0.1) is 5.69 Å². The zero-order chi connectivity index (χ0) is 31.6. The van der Waals surface area contributed by atoms with Crippen LogP contribution in [0.15, 0.2) is 84.1 Å². The van der Waals surface area contributed by atoms with Crippen LogP contribution >= 0.6 is 11.8 Å². The highest BCUT2D eigenvalue weighted by molar-refractivity contribution is 8.14. The van der Waals surface area contributed by atoms with Crippen molar-refractivity contribution < 1.29 is 22.7 Å². The fourth-order valence-electron chi connectivity index (χ4n) is 5.95. The molecule has 0 bridgehead atoms. The number of urea groups is 1. The van der Waals surface area contributed by atoms with E-state index in [-0.39, 0.29) is 23.7 Å². The number of halogens is 3. The predicted octanol–water partition coefficient (Wildman–Crippen LogP) is 7.91.